The summed E-state index contributed by atoms with van der Waals surface area (Å²) in [4.78, 5) is 6.46. The van der Waals surface area contributed by atoms with E-state index in [-0.39, 0.29) is 0 Å². The van der Waals surface area contributed by atoms with Crippen molar-refractivity contribution in [1.82, 2.24) is 4.98 Å². The van der Waals surface area contributed by atoms with Crippen molar-refractivity contribution >= 4 is 5.82 Å². The van der Waals surface area contributed by atoms with Crippen molar-refractivity contribution in [2.24, 2.45) is 0 Å². The molecule has 1 aliphatic heterocycles. The topological polar surface area (TPSA) is 45.6 Å². The van der Waals surface area contributed by atoms with Crippen molar-refractivity contribution in [1.29, 1.82) is 0 Å². The zero-order valence-corrected chi connectivity index (χ0v) is 10.5. The average molecular weight is 236 g/mol. The molecule has 1 saturated heterocycles. The lowest BCUT2D eigenvalue weighted by Gasteiger charge is -2.21. The number of rotatable bonds is 4. The summed E-state index contributed by atoms with van der Waals surface area (Å²) in [6, 6.07) is 3.81. The molecule has 4 heteroatoms. The maximum absolute atomic E-state index is 9.98. The minimum Gasteiger partial charge on any atom is -0.490 e. The van der Waals surface area contributed by atoms with Gasteiger partial charge in [-0.15, -0.1) is 0 Å². The standard InChI is InChI=1S/C13H20N2O2/c1-3-9-17-11-5-4-7-14-12(11)15-8-6-13(2,16)10-15/h4-5,7,16H,3,6,8-10H2,1-2H3. The molecule has 1 aromatic rings. The average Bonchev–Trinajstić information content (AvgIpc) is 2.67. The second kappa shape index (κ2) is 4.92. The molecule has 1 N–H and O–H groups in total. The molecular weight excluding hydrogens is 216 g/mol. The number of hydrogen-bond donors (Lipinski definition) is 1. The molecule has 1 aromatic heterocycles. The van der Waals surface area contributed by atoms with Crippen molar-refractivity contribution < 1.29 is 9.84 Å². The fourth-order valence-electron chi connectivity index (χ4n) is 2.07. The Labute approximate surface area is 102 Å². The molecule has 0 bridgehead atoms. The SMILES string of the molecule is CCCOc1cccnc1N1CCC(C)(O)C1. The minimum absolute atomic E-state index is 0.612. The van der Waals surface area contributed by atoms with Crippen LogP contribution < -0.4 is 9.64 Å². The highest BCUT2D eigenvalue weighted by Gasteiger charge is 2.33. The summed E-state index contributed by atoms with van der Waals surface area (Å²) < 4.78 is 5.68. The van der Waals surface area contributed by atoms with Crippen LogP contribution in [0.15, 0.2) is 18.3 Å². The Hall–Kier alpha value is -1.29. The van der Waals surface area contributed by atoms with E-state index in [1.165, 1.54) is 0 Å². The molecule has 0 radical (unpaired) electrons. The van der Waals surface area contributed by atoms with Gasteiger partial charge in [-0.05, 0) is 31.9 Å². The zero-order valence-electron chi connectivity index (χ0n) is 10.5. The molecule has 1 fully saturated rings. The van der Waals surface area contributed by atoms with Gasteiger partial charge in [0, 0.05) is 19.3 Å². The van der Waals surface area contributed by atoms with Crippen LogP contribution in [0.2, 0.25) is 0 Å². The predicted molar refractivity (Wildman–Crippen MR) is 67.5 cm³/mol. The quantitative estimate of drug-likeness (QED) is 0.866. The maximum Gasteiger partial charge on any atom is 0.171 e. The van der Waals surface area contributed by atoms with Gasteiger partial charge in [-0.1, -0.05) is 6.92 Å². The molecule has 2 heterocycles. The first kappa shape index (κ1) is 12.2. The Balaban J connectivity index is 2.15. The van der Waals surface area contributed by atoms with Crippen molar-refractivity contribution in [2.45, 2.75) is 32.3 Å². The zero-order chi connectivity index (χ0) is 12.3. The highest BCUT2D eigenvalue weighted by atomic mass is 16.5. The fourth-order valence-corrected chi connectivity index (χ4v) is 2.07. The first-order chi connectivity index (χ1) is 8.12. The first-order valence-corrected chi connectivity index (χ1v) is 6.17. The van der Waals surface area contributed by atoms with Crippen LogP contribution in [0.3, 0.4) is 0 Å². The van der Waals surface area contributed by atoms with Gasteiger partial charge in [0.2, 0.25) is 0 Å². The molecule has 1 unspecified atom stereocenters. The third-order valence-corrected chi connectivity index (χ3v) is 2.96. The maximum atomic E-state index is 9.98. The molecule has 2 rings (SSSR count). The molecule has 94 valence electrons. The Morgan fingerprint density at radius 1 is 1.59 bits per heavy atom. The Morgan fingerprint density at radius 2 is 2.41 bits per heavy atom. The summed E-state index contributed by atoms with van der Waals surface area (Å²) in [7, 11) is 0. The van der Waals surface area contributed by atoms with Crippen LogP contribution in [-0.2, 0) is 0 Å². The van der Waals surface area contributed by atoms with Crippen LogP contribution in [0.5, 0.6) is 5.75 Å². The Morgan fingerprint density at radius 3 is 3.06 bits per heavy atom. The predicted octanol–water partition coefficient (Wildman–Crippen LogP) is 1.83. The monoisotopic (exact) mass is 236 g/mol. The lowest BCUT2D eigenvalue weighted by atomic mass is 10.1. The number of nitrogens with zero attached hydrogens (tertiary/aromatic N) is 2. The third-order valence-electron chi connectivity index (χ3n) is 2.96. The van der Waals surface area contributed by atoms with E-state index in [2.05, 4.69) is 16.8 Å². The van der Waals surface area contributed by atoms with Gasteiger partial charge in [0.25, 0.3) is 0 Å². The highest BCUT2D eigenvalue weighted by Crippen LogP contribution is 2.31. The minimum atomic E-state index is -0.612. The largest absolute Gasteiger partial charge is 0.490 e. The van der Waals surface area contributed by atoms with Crippen LogP contribution >= 0.6 is 0 Å². The number of aliphatic hydroxyl groups is 1. The second-order valence-electron chi connectivity index (χ2n) is 4.84. The summed E-state index contributed by atoms with van der Waals surface area (Å²) in [5.74, 6) is 1.66. The van der Waals surface area contributed by atoms with Crippen LogP contribution in [0.1, 0.15) is 26.7 Å². The summed E-state index contributed by atoms with van der Waals surface area (Å²) in [6.07, 6.45) is 3.52. The van der Waals surface area contributed by atoms with E-state index in [1.807, 2.05) is 19.1 Å². The van der Waals surface area contributed by atoms with E-state index in [9.17, 15) is 5.11 Å². The van der Waals surface area contributed by atoms with Crippen LogP contribution in [0.4, 0.5) is 5.82 Å². The van der Waals surface area contributed by atoms with Gasteiger partial charge in [0.1, 0.15) is 0 Å². The van der Waals surface area contributed by atoms with Crippen molar-refractivity contribution in [2.75, 3.05) is 24.6 Å². The Bertz CT molecular complexity index is 379. The molecular formula is C13H20N2O2. The summed E-state index contributed by atoms with van der Waals surface area (Å²) >= 11 is 0. The normalized spacial score (nSPS) is 24.1. The van der Waals surface area contributed by atoms with Crippen molar-refractivity contribution in [3.63, 3.8) is 0 Å². The lowest BCUT2D eigenvalue weighted by Crippen LogP contribution is -2.30. The summed E-state index contributed by atoms with van der Waals surface area (Å²) in [5.41, 5.74) is -0.612. The molecule has 0 aromatic carbocycles. The number of β-amino-alcohol motifs (C(OH)–C–C–N with tert-alkyl or cyclic N) is 1. The van der Waals surface area contributed by atoms with Gasteiger partial charge >= 0.3 is 0 Å². The number of aromatic nitrogens is 1. The number of anilines is 1. The highest BCUT2D eigenvalue weighted by molar-refractivity contribution is 5.53. The molecule has 0 amide bonds. The smallest absolute Gasteiger partial charge is 0.171 e. The molecule has 0 saturated carbocycles. The number of ether oxygens (including phenoxy) is 1. The van der Waals surface area contributed by atoms with Crippen molar-refractivity contribution in [3.05, 3.63) is 18.3 Å². The number of pyridine rings is 1. The van der Waals surface area contributed by atoms with E-state index in [4.69, 9.17) is 4.74 Å². The van der Waals surface area contributed by atoms with E-state index < -0.39 is 5.60 Å². The Kier molecular flexibility index (Phi) is 3.52. The van der Waals surface area contributed by atoms with Gasteiger partial charge < -0.3 is 14.7 Å². The van der Waals surface area contributed by atoms with Gasteiger partial charge in [0.05, 0.1) is 12.2 Å². The van der Waals surface area contributed by atoms with Crippen molar-refractivity contribution in [3.8, 4) is 5.75 Å². The number of hydrogen-bond acceptors (Lipinski definition) is 4. The van der Waals surface area contributed by atoms with Gasteiger partial charge in [-0.3, -0.25) is 0 Å². The molecule has 1 aliphatic rings. The third kappa shape index (κ3) is 2.88. The molecule has 0 aliphatic carbocycles. The van der Waals surface area contributed by atoms with Crippen LogP contribution in [-0.4, -0.2) is 35.4 Å². The van der Waals surface area contributed by atoms with Gasteiger partial charge in [0.15, 0.2) is 11.6 Å². The summed E-state index contributed by atoms with van der Waals surface area (Å²) in [6.45, 7) is 6.08. The van der Waals surface area contributed by atoms with Gasteiger partial charge in [-0.25, -0.2) is 4.98 Å². The molecule has 1 atom stereocenters. The fraction of sp³-hybridized carbons (Fsp3) is 0.615. The lowest BCUT2D eigenvalue weighted by molar-refractivity contribution is 0.0838. The van der Waals surface area contributed by atoms with E-state index >= 15 is 0 Å². The van der Waals surface area contributed by atoms with E-state index in [0.717, 1.165) is 31.0 Å². The molecule has 0 spiro atoms. The second-order valence-corrected chi connectivity index (χ2v) is 4.84. The van der Waals surface area contributed by atoms with E-state index in [0.29, 0.717) is 13.2 Å². The van der Waals surface area contributed by atoms with Gasteiger partial charge in [-0.2, -0.15) is 0 Å². The van der Waals surface area contributed by atoms with E-state index in [1.54, 1.807) is 6.20 Å². The molecule has 4 nitrogen and oxygen atoms in total. The van der Waals surface area contributed by atoms with Crippen LogP contribution in [0.25, 0.3) is 0 Å². The van der Waals surface area contributed by atoms with Crippen LogP contribution in [0, 0.1) is 0 Å². The first-order valence-electron chi connectivity index (χ1n) is 6.17. The molecule has 17 heavy (non-hydrogen) atoms. The summed E-state index contributed by atoms with van der Waals surface area (Å²) in [5, 5.41) is 9.98.